The highest BCUT2D eigenvalue weighted by atomic mass is 31.2. The van der Waals surface area contributed by atoms with Gasteiger partial charge in [-0.05, 0) is 54.4 Å². The van der Waals surface area contributed by atoms with Gasteiger partial charge in [-0.2, -0.15) is 0 Å². The summed E-state index contributed by atoms with van der Waals surface area (Å²) in [5.41, 5.74) is -0.942. The Hall–Kier alpha value is -0.380. The molecule has 0 radical (unpaired) electrons. The number of hydrogen-bond donors (Lipinski definition) is 1. The number of aliphatic carboxylic acids is 1. The van der Waals surface area contributed by atoms with Crippen LogP contribution in [0.25, 0.3) is 0 Å². The Labute approximate surface area is 192 Å². The molecule has 0 aromatic heterocycles. The van der Waals surface area contributed by atoms with Crippen LogP contribution in [0.5, 0.6) is 0 Å². The molecule has 0 spiro atoms. The van der Waals surface area contributed by atoms with Crippen LogP contribution in [0.1, 0.15) is 138 Å². The van der Waals surface area contributed by atoms with Gasteiger partial charge in [-0.15, -0.1) is 0 Å². The van der Waals surface area contributed by atoms with Crippen molar-refractivity contribution < 1.29 is 23.5 Å². The summed E-state index contributed by atoms with van der Waals surface area (Å²) in [5, 5.41) is 8.60. The van der Waals surface area contributed by atoms with Gasteiger partial charge in [0.2, 0.25) is 0 Å². The van der Waals surface area contributed by atoms with Crippen LogP contribution in [-0.4, -0.2) is 28.4 Å². The summed E-state index contributed by atoms with van der Waals surface area (Å²) in [7, 11) is -3.08. The lowest BCUT2D eigenvalue weighted by molar-refractivity contribution is -0.137. The molecule has 0 amide bonds. The molecule has 0 aliphatic carbocycles. The molecule has 0 aromatic carbocycles. The standard InChI is InChI=1S/C25H51O5P/c1-24(2,3)29-31(28,30-25(4,5)6)22-20-18-16-14-12-10-8-7-9-11-13-15-17-19-21-23(26)27/h7-22H2,1-6H3,(H,26,27). The molecular weight excluding hydrogens is 411 g/mol. The number of rotatable bonds is 19. The van der Waals surface area contributed by atoms with E-state index in [-0.39, 0.29) is 0 Å². The van der Waals surface area contributed by atoms with E-state index in [1.165, 1.54) is 64.2 Å². The topological polar surface area (TPSA) is 72.8 Å². The smallest absolute Gasteiger partial charge is 0.331 e. The first-order valence-corrected chi connectivity index (χ1v) is 14.3. The number of carbonyl (C=O) groups is 1. The average Bonchev–Trinajstić information content (AvgIpc) is 2.57. The third kappa shape index (κ3) is 22.6. The van der Waals surface area contributed by atoms with Gasteiger partial charge >= 0.3 is 13.6 Å². The first-order valence-electron chi connectivity index (χ1n) is 12.6. The van der Waals surface area contributed by atoms with Crippen molar-refractivity contribution in [1.82, 2.24) is 0 Å². The van der Waals surface area contributed by atoms with Gasteiger partial charge in [0.15, 0.2) is 0 Å². The lowest BCUT2D eigenvalue weighted by atomic mass is 10.0. The van der Waals surface area contributed by atoms with Crippen molar-refractivity contribution in [3.63, 3.8) is 0 Å². The second kappa shape index (κ2) is 16.3. The lowest BCUT2D eigenvalue weighted by Crippen LogP contribution is -2.24. The van der Waals surface area contributed by atoms with Gasteiger partial charge in [0.25, 0.3) is 0 Å². The molecule has 0 unspecified atom stereocenters. The highest BCUT2D eigenvalue weighted by Gasteiger charge is 2.34. The van der Waals surface area contributed by atoms with Gasteiger partial charge < -0.3 is 14.2 Å². The van der Waals surface area contributed by atoms with E-state index in [2.05, 4.69) is 0 Å². The largest absolute Gasteiger partial charge is 0.481 e. The van der Waals surface area contributed by atoms with E-state index >= 15 is 0 Å². The van der Waals surface area contributed by atoms with Gasteiger partial charge in [0.05, 0.1) is 17.4 Å². The van der Waals surface area contributed by atoms with Gasteiger partial charge in [-0.1, -0.05) is 77.0 Å². The maximum Gasteiger partial charge on any atom is 0.331 e. The minimum absolute atomic E-state index is 0.314. The molecular formula is C25H51O5P. The molecule has 0 aromatic rings. The van der Waals surface area contributed by atoms with Crippen LogP contribution >= 0.6 is 7.60 Å². The number of unbranched alkanes of at least 4 members (excludes halogenated alkanes) is 13. The zero-order chi connectivity index (χ0) is 23.8. The SMILES string of the molecule is CC(C)(C)OP(=O)(CCCCCCCCCCCCCCCCC(=O)O)OC(C)(C)C. The van der Waals surface area contributed by atoms with E-state index in [0.717, 1.165) is 25.7 Å². The molecule has 1 N–H and O–H groups in total. The van der Waals surface area contributed by atoms with Crippen molar-refractivity contribution in [2.45, 2.75) is 149 Å². The summed E-state index contributed by atoms with van der Waals surface area (Å²) in [6, 6.07) is 0. The van der Waals surface area contributed by atoms with Crippen molar-refractivity contribution in [2.75, 3.05) is 6.16 Å². The van der Waals surface area contributed by atoms with Crippen molar-refractivity contribution in [1.29, 1.82) is 0 Å². The summed E-state index contributed by atoms with van der Waals surface area (Å²) in [6.07, 6.45) is 17.3. The Morgan fingerprint density at radius 1 is 0.613 bits per heavy atom. The Bertz CT molecular complexity index is 485. The fourth-order valence-electron chi connectivity index (χ4n) is 3.65. The normalized spacial score (nSPS) is 13.0. The number of carboxylic acids is 1. The highest BCUT2D eigenvalue weighted by Crippen LogP contribution is 2.55. The third-order valence-electron chi connectivity index (χ3n) is 4.90. The van der Waals surface area contributed by atoms with Crippen LogP contribution in [0.15, 0.2) is 0 Å². The lowest BCUT2D eigenvalue weighted by Gasteiger charge is -2.32. The summed E-state index contributed by atoms with van der Waals surface area (Å²) >= 11 is 0. The maximum atomic E-state index is 13.1. The molecule has 186 valence electrons. The molecule has 0 heterocycles. The highest BCUT2D eigenvalue weighted by molar-refractivity contribution is 7.53. The minimum atomic E-state index is -3.08. The molecule has 0 fully saturated rings. The Morgan fingerprint density at radius 2 is 0.903 bits per heavy atom. The zero-order valence-corrected chi connectivity index (χ0v) is 22.2. The van der Waals surface area contributed by atoms with E-state index in [1.54, 1.807) is 0 Å². The molecule has 0 saturated heterocycles. The van der Waals surface area contributed by atoms with Crippen LogP contribution in [0.2, 0.25) is 0 Å². The second-order valence-electron chi connectivity index (χ2n) is 10.8. The summed E-state index contributed by atoms with van der Waals surface area (Å²) < 4.78 is 24.8. The van der Waals surface area contributed by atoms with Crippen LogP contribution in [0.4, 0.5) is 0 Å². The molecule has 0 atom stereocenters. The van der Waals surface area contributed by atoms with Crippen molar-refractivity contribution >= 4 is 13.6 Å². The summed E-state index contributed by atoms with van der Waals surface area (Å²) in [5.74, 6) is -0.677. The quantitative estimate of drug-likeness (QED) is 0.153. The molecule has 6 heteroatoms. The first-order chi connectivity index (χ1) is 14.3. The molecule has 0 aliphatic heterocycles. The second-order valence-corrected chi connectivity index (χ2v) is 12.9. The Kier molecular flexibility index (Phi) is 16.1. The molecule has 0 saturated carbocycles. The molecule has 0 bridgehead atoms. The zero-order valence-electron chi connectivity index (χ0n) is 21.3. The van der Waals surface area contributed by atoms with Gasteiger partial charge in [-0.25, -0.2) is 0 Å². The molecule has 0 aliphatic rings. The van der Waals surface area contributed by atoms with Crippen molar-refractivity contribution in [3.05, 3.63) is 0 Å². The van der Waals surface area contributed by atoms with E-state index in [0.29, 0.717) is 12.6 Å². The van der Waals surface area contributed by atoms with E-state index in [1.807, 2.05) is 41.5 Å². The van der Waals surface area contributed by atoms with Crippen molar-refractivity contribution in [2.24, 2.45) is 0 Å². The Morgan fingerprint density at radius 3 is 1.19 bits per heavy atom. The van der Waals surface area contributed by atoms with Crippen molar-refractivity contribution in [3.8, 4) is 0 Å². The number of carboxylic acid groups (broad SMARTS) is 1. The average molecular weight is 463 g/mol. The maximum absolute atomic E-state index is 13.1. The van der Waals surface area contributed by atoms with Gasteiger partial charge in [-0.3, -0.25) is 9.36 Å². The van der Waals surface area contributed by atoms with Crippen LogP contribution in [-0.2, 0) is 18.4 Å². The monoisotopic (exact) mass is 462 g/mol. The minimum Gasteiger partial charge on any atom is -0.481 e. The fourth-order valence-corrected chi connectivity index (χ4v) is 6.15. The van der Waals surface area contributed by atoms with E-state index in [4.69, 9.17) is 14.2 Å². The van der Waals surface area contributed by atoms with Crippen LogP contribution in [0, 0.1) is 0 Å². The first kappa shape index (κ1) is 30.6. The van der Waals surface area contributed by atoms with E-state index < -0.39 is 24.8 Å². The van der Waals surface area contributed by atoms with Gasteiger partial charge in [0.1, 0.15) is 0 Å². The van der Waals surface area contributed by atoms with E-state index in [9.17, 15) is 9.36 Å². The van der Waals surface area contributed by atoms with Gasteiger partial charge in [0, 0.05) is 6.42 Å². The fraction of sp³-hybridized carbons (Fsp3) is 0.960. The number of hydrogen-bond acceptors (Lipinski definition) is 4. The predicted molar refractivity (Wildman–Crippen MR) is 131 cm³/mol. The summed E-state index contributed by atoms with van der Waals surface area (Å²) in [6.45, 7) is 11.5. The predicted octanol–water partition coefficient (Wildman–Crippen LogP) is 8.75. The molecule has 5 nitrogen and oxygen atoms in total. The Balaban J connectivity index is 3.66. The summed E-state index contributed by atoms with van der Waals surface area (Å²) in [4.78, 5) is 10.4. The molecule has 31 heavy (non-hydrogen) atoms. The van der Waals surface area contributed by atoms with Crippen LogP contribution in [0.3, 0.4) is 0 Å². The third-order valence-corrected chi connectivity index (χ3v) is 7.41. The molecule has 0 rings (SSSR count). The van der Waals surface area contributed by atoms with Crippen LogP contribution < -0.4 is 0 Å².